The molecule has 0 aliphatic carbocycles. The van der Waals surface area contributed by atoms with E-state index in [-0.39, 0.29) is 23.1 Å². The van der Waals surface area contributed by atoms with Crippen LogP contribution in [-0.4, -0.2) is 23.1 Å². The summed E-state index contributed by atoms with van der Waals surface area (Å²) in [6, 6.07) is 3.80. The first-order valence-corrected chi connectivity index (χ1v) is 4.72. The van der Waals surface area contributed by atoms with Crippen molar-refractivity contribution in [1.29, 1.82) is 10.5 Å². The van der Waals surface area contributed by atoms with Gasteiger partial charge in [-0.25, -0.2) is 4.98 Å². The van der Waals surface area contributed by atoms with Gasteiger partial charge in [-0.15, -0.1) is 0 Å². The summed E-state index contributed by atoms with van der Waals surface area (Å²) < 4.78 is 0.218. The molecular formula is C8H6BrN5O. The molecule has 1 N–H and O–H groups in total. The summed E-state index contributed by atoms with van der Waals surface area (Å²) in [6.07, 6.45) is 1.23. The second kappa shape index (κ2) is 5.13. The van der Waals surface area contributed by atoms with Crippen LogP contribution in [0.25, 0.3) is 0 Å². The van der Waals surface area contributed by atoms with Crippen molar-refractivity contribution >= 4 is 21.7 Å². The Morgan fingerprint density at radius 2 is 2.07 bits per heavy atom. The third-order valence-electron chi connectivity index (χ3n) is 1.60. The molecule has 0 fully saturated rings. The van der Waals surface area contributed by atoms with Crippen molar-refractivity contribution in [2.24, 2.45) is 0 Å². The fourth-order valence-corrected chi connectivity index (χ4v) is 1.44. The van der Waals surface area contributed by atoms with Crippen molar-refractivity contribution in [3.63, 3.8) is 0 Å². The first kappa shape index (κ1) is 11.2. The SMILES string of the molecule is N#CCN(CC#N)c1nc[nH]c(=O)c1Br. The molecule has 76 valence electrons. The highest BCUT2D eigenvalue weighted by Crippen LogP contribution is 2.17. The Balaban J connectivity index is 3.13. The molecule has 0 unspecified atom stereocenters. The minimum Gasteiger partial charge on any atom is -0.329 e. The van der Waals surface area contributed by atoms with Gasteiger partial charge in [-0.05, 0) is 15.9 Å². The molecule has 6 nitrogen and oxygen atoms in total. The minimum absolute atomic E-state index is 0.00259. The molecule has 0 saturated carbocycles. The number of H-pyrrole nitrogens is 1. The molecule has 1 aromatic heterocycles. The molecule has 0 radical (unpaired) electrons. The fourth-order valence-electron chi connectivity index (χ4n) is 0.970. The van der Waals surface area contributed by atoms with Crippen LogP contribution in [0.1, 0.15) is 0 Å². The van der Waals surface area contributed by atoms with Gasteiger partial charge in [0, 0.05) is 0 Å². The Hall–Kier alpha value is -1.86. The number of rotatable bonds is 3. The Kier molecular flexibility index (Phi) is 3.83. The zero-order chi connectivity index (χ0) is 11.3. The summed E-state index contributed by atoms with van der Waals surface area (Å²) in [5.74, 6) is 0.293. The summed E-state index contributed by atoms with van der Waals surface area (Å²) >= 11 is 3.05. The van der Waals surface area contributed by atoms with Crippen molar-refractivity contribution in [3.05, 3.63) is 21.2 Å². The highest BCUT2D eigenvalue weighted by Gasteiger charge is 2.12. The molecule has 0 aliphatic heterocycles. The molecule has 7 heteroatoms. The van der Waals surface area contributed by atoms with Gasteiger partial charge in [0.25, 0.3) is 5.56 Å². The summed E-state index contributed by atoms with van der Waals surface area (Å²) in [4.78, 5) is 18.9. The van der Waals surface area contributed by atoms with E-state index in [1.54, 1.807) is 0 Å². The Bertz CT molecular complexity index is 467. The first-order chi connectivity index (χ1) is 7.20. The van der Waals surface area contributed by atoms with E-state index in [1.165, 1.54) is 11.2 Å². The first-order valence-electron chi connectivity index (χ1n) is 3.92. The van der Waals surface area contributed by atoms with Gasteiger partial charge >= 0.3 is 0 Å². The molecule has 1 rings (SSSR count). The van der Waals surface area contributed by atoms with E-state index < -0.39 is 0 Å². The van der Waals surface area contributed by atoms with Crippen molar-refractivity contribution in [2.75, 3.05) is 18.0 Å². The van der Waals surface area contributed by atoms with E-state index in [4.69, 9.17) is 10.5 Å². The van der Waals surface area contributed by atoms with Crippen molar-refractivity contribution in [3.8, 4) is 12.1 Å². The van der Waals surface area contributed by atoms with E-state index in [1.807, 2.05) is 12.1 Å². The number of nitrogens with one attached hydrogen (secondary N) is 1. The van der Waals surface area contributed by atoms with Gasteiger partial charge in [-0.3, -0.25) is 4.79 Å². The van der Waals surface area contributed by atoms with Crippen LogP contribution in [0.3, 0.4) is 0 Å². The van der Waals surface area contributed by atoms with Gasteiger partial charge in [0.15, 0.2) is 5.82 Å². The average molecular weight is 268 g/mol. The molecule has 0 saturated heterocycles. The van der Waals surface area contributed by atoms with Crippen molar-refractivity contribution in [1.82, 2.24) is 9.97 Å². The molecular weight excluding hydrogens is 262 g/mol. The van der Waals surface area contributed by atoms with E-state index >= 15 is 0 Å². The lowest BCUT2D eigenvalue weighted by Crippen LogP contribution is -2.27. The molecule has 0 spiro atoms. The van der Waals surface area contributed by atoms with Crippen molar-refractivity contribution in [2.45, 2.75) is 0 Å². The number of hydrogen-bond donors (Lipinski definition) is 1. The fraction of sp³-hybridized carbons (Fsp3) is 0.250. The molecule has 1 aromatic rings. The number of aromatic amines is 1. The second-order valence-electron chi connectivity index (χ2n) is 2.54. The topological polar surface area (TPSA) is 96.6 Å². The standard InChI is InChI=1S/C8H6BrN5O/c9-6-7(12-5-13-8(6)15)14(3-1-10)4-2-11/h5H,3-4H2,(H,12,13,15). The molecule has 1 heterocycles. The maximum atomic E-state index is 11.2. The van der Waals surface area contributed by atoms with Gasteiger partial charge < -0.3 is 9.88 Å². The number of aromatic nitrogens is 2. The van der Waals surface area contributed by atoms with Crippen LogP contribution in [0, 0.1) is 22.7 Å². The molecule has 15 heavy (non-hydrogen) atoms. The number of halogens is 1. The lowest BCUT2D eigenvalue weighted by molar-refractivity contribution is 0.912. The lowest BCUT2D eigenvalue weighted by Gasteiger charge is -2.16. The monoisotopic (exact) mass is 267 g/mol. The largest absolute Gasteiger partial charge is 0.329 e. The summed E-state index contributed by atoms with van der Waals surface area (Å²) in [5, 5.41) is 17.1. The maximum Gasteiger partial charge on any atom is 0.267 e. The van der Waals surface area contributed by atoms with Crippen LogP contribution in [0.4, 0.5) is 5.82 Å². The summed E-state index contributed by atoms with van der Waals surface area (Å²) in [7, 11) is 0. The van der Waals surface area contributed by atoms with Crippen LogP contribution in [0.15, 0.2) is 15.6 Å². The van der Waals surface area contributed by atoms with E-state index in [0.29, 0.717) is 5.82 Å². The van der Waals surface area contributed by atoms with Crippen molar-refractivity contribution < 1.29 is 0 Å². The minimum atomic E-state index is -0.346. The number of nitrogens with zero attached hydrogens (tertiary/aromatic N) is 4. The second-order valence-corrected chi connectivity index (χ2v) is 3.33. The molecule has 0 aliphatic rings. The zero-order valence-electron chi connectivity index (χ0n) is 7.57. The van der Waals surface area contributed by atoms with E-state index in [9.17, 15) is 4.79 Å². The zero-order valence-corrected chi connectivity index (χ0v) is 9.15. The number of anilines is 1. The normalized spacial score (nSPS) is 9.00. The van der Waals surface area contributed by atoms with Crippen LogP contribution in [0.2, 0.25) is 0 Å². The quantitative estimate of drug-likeness (QED) is 0.799. The Morgan fingerprint density at radius 1 is 1.47 bits per heavy atom. The lowest BCUT2D eigenvalue weighted by atomic mass is 10.4. The van der Waals surface area contributed by atoms with Gasteiger partial charge in [-0.1, -0.05) is 0 Å². The van der Waals surface area contributed by atoms with Crippen LogP contribution >= 0.6 is 15.9 Å². The third kappa shape index (κ3) is 2.55. The summed E-state index contributed by atoms with van der Waals surface area (Å²) in [6.45, 7) is 0.00519. The highest BCUT2D eigenvalue weighted by atomic mass is 79.9. The number of nitriles is 2. The van der Waals surface area contributed by atoms with Gasteiger partial charge in [0.2, 0.25) is 0 Å². The van der Waals surface area contributed by atoms with E-state index in [2.05, 4.69) is 25.9 Å². The summed E-state index contributed by atoms with van der Waals surface area (Å²) in [5.41, 5.74) is -0.346. The number of hydrogen-bond acceptors (Lipinski definition) is 5. The Labute approximate surface area is 93.9 Å². The average Bonchev–Trinajstić information content (AvgIpc) is 2.22. The molecule has 0 amide bonds. The van der Waals surface area contributed by atoms with Gasteiger partial charge in [0.1, 0.15) is 17.6 Å². The predicted octanol–water partition coefficient (Wildman–Crippen LogP) is 0.386. The molecule has 0 atom stereocenters. The Morgan fingerprint density at radius 3 is 2.60 bits per heavy atom. The molecule has 0 bridgehead atoms. The highest BCUT2D eigenvalue weighted by molar-refractivity contribution is 9.10. The predicted molar refractivity (Wildman–Crippen MR) is 56.0 cm³/mol. The van der Waals surface area contributed by atoms with Crippen LogP contribution in [0.5, 0.6) is 0 Å². The van der Waals surface area contributed by atoms with Gasteiger partial charge in [0.05, 0.1) is 18.5 Å². The van der Waals surface area contributed by atoms with Crippen LogP contribution in [-0.2, 0) is 0 Å². The van der Waals surface area contributed by atoms with Gasteiger partial charge in [-0.2, -0.15) is 10.5 Å². The smallest absolute Gasteiger partial charge is 0.267 e. The maximum absolute atomic E-state index is 11.2. The van der Waals surface area contributed by atoms with E-state index in [0.717, 1.165) is 0 Å². The van der Waals surface area contributed by atoms with Crippen LogP contribution < -0.4 is 10.5 Å². The molecule has 0 aromatic carbocycles. The third-order valence-corrected chi connectivity index (χ3v) is 2.32.